The van der Waals surface area contributed by atoms with E-state index in [2.05, 4.69) is 10.3 Å². The molecule has 1 aliphatic rings. The monoisotopic (exact) mass is 328 g/mol. The predicted molar refractivity (Wildman–Crippen MR) is 95.0 cm³/mol. The van der Waals surface area contributed by atoms with E-state index in [1.807, 2.05) is 48.5 Å². The lowest BCUT2D eigenvalue weighted by atomic mass is 9.84. The predicted octanol–water partition coefficient (Wildman–Crippen LogP) is 3.75. The van der Waals surface area contributed by atoms with Crippen LogP contribution in [0.3, 0.4) is 0 Å². The second-order valence-corrected chi connectivity index (χ2v) is 6.24. The number of nitrogens with zero attached hydrogens (tertiary/aromatic N) is 1. The van der Waals surface area contributed by atoms with Gasteiger partial charge >= 0.3 is 0 Å². The van der Waals surface area contributed by atoms with Crippen LogP contribution in [-0.2, 0) is 5.60 Å². The highest BCUT2D eigenvalue weighted by atomic mass is 35.5. The molecule has 0 bridgehead atoms. The molecule has 2 N–H and O–H groups in total. The first-order chi connectivity index (χ1) is 11.2. The minimum absolute atomic E-state index is 0.600. The fourth-order valence-corrected chi connectivity index (χ4v) is 3.13. The van der Waals surface area contributed by atoms with E-state index in [1.54, 1.807) is 6.07 Å². The van der Waals surface area contributed by atoms with Gasteiger partial charge in [-0.3, -0.25) is 4.99 Å². The Labute approximate surface area is 142 Å². The standard InChI is InChI=1S/C19H21ClN2O/c20-17-11-7-10-16(14-17)19(23,15-8-3-1-4-9-15)18-21-12-5-2-6-13-22-18/h1,3-4,7-11,14,23H,2,5-6,12-13H2,(H,21,22). The topological polar surface area (TPSA) is 44.6 Å². The third-order valence-corrected chi connectivity index (χ3v) is 4.41. The molecule has 0 aromatic heterocycles. The van der Waals surface area contributed by atoms with Crippen LogP contribution in [-0.4, -0.2) is 24.0 Å². The normalized spacial score (nSPS) is 18.1. The summed E-state index contributed by atoms with van der Waals surface area (Å²) in [4.78, 5) is 4.65. The highest BCUT2D eigenvalue weighted by molar-refractivity contribution is 6.30. The third-order valence-electron chi connectivity index (χ3n) is 4.17. The van der Waals surface area contributed by atoms with Gasteiger partial charge < -0.3 is 10.4 Å². The molecule has 1 unspecified atom stereocenters. The lowest BCUT2D eigenvalue weighted by Crippen LogP contribution is -2.46. The number of aliphatic hydroxyl groups is 1. The van der Waals surface area contributed by atoms with Crippen molar-refractivity contribution in [3.63, 3.8) is 0 Å². The number of nitrogens with one attached hydrogen (secondary N) is 1. The van der Waals surface area contributed by atoms with Gasteiger partial charge in [-0.1, -0.05) is 54.1 Å². The van der Waals surface area contributed by atoms with E-state index in [0.717, 1.165) is 43.5 Å². The van der Waals surface area contributed by atoms with E-state index >= 15 is 0 Å². The molecule has 0 aliphatic carbocycles. The second-order valence-electron chi connectivity index (χ2n) is 5.80. The molecule has 1 atom stereocenters. The van der Waals surface area contributed by atoms with Crippen molar-refractivity contribution in [2.45, 2.75) is 24.9 Å². The second kappa shape index (κ2) is 7.16. The van der Waals surface area contributed by atoms with Gasteiger partial charge in [0.25, 0.3) is 0 Å². The van der Waals surface area contributed by atoms with Crippen LogP contribution in [0.4, 0.5) is 0 Å². The summed E-state index contributed by atoms with van der Waals surface area (Å²) in [5.74, 6) is 0.602. The van der Waals surface area contributed by atoms with Crippen molar-refractivity contribution in [2.24, 2.45) is 4.99 Å². The van der Waals surface area contributed by atoms with Crippen LogP contribution in [0.2, 0.25) is 5.02 Å². The van der Waals surface area contributed by atoms with Crippen molar-refractivity contribution >= 4 is 17.4 Å². The molecule has 0 saturated heterocycles. The summed E-state index contributed by atoms with van der Waals surface area (Å²) >= 11 is 6.16. The van der Waals surface area contributed by atoms with E-state index in [1.165, 1.54) is 0 Å². The zero-order valence-corrected chi connectivity index (χ0v) is 13.8. The Balaban J connectivity index is 2.13. The summed E-state index contributed by atoms with van der Waals surface area (Å²) in [5.41, 5.74) is 0.195. The molecular weight excluding hydrogens is 308 g/mol. The summed E-state index contributed by atoms with van der Waals surface area (Å²) in [6.07, 6.45) is 3.29. The first-order valence-corrected chi connectivity index (χ1v) is 8.42. The van der Waals surface area contributed by atoms with E-state index < -0.39 is 5.60 Å². The van der Waals surface area contributed by atoms with Crippen molar-refractivity contribution in [2.75, 3.05) is 13.1 Å². The highest BCUT2D eigenvalue weighted by Gasteiger charge is 2.37. The molecule has 2 aromatic carbocycles. The van der Waals surface area contributed by atoms with E-state index in [-0.39, 0.29) is 0 Å². The lowest BCUT2D eigenvalue weighted by Gasteiger charge is -2.32. The Morgan fingerprint density at radius 1 is 0.957 bits per heavy atom. The van der Waals surface area contributed by atoms with Gasteiger partial charge in [-0.05, 0) is 42.5 Å². The molecular formula is C19H21ClN2O. The van der Waals surface area contributed by atoms with Gasteiger partial charge in [-0.2, -0.15) is 0 Å². The molecule has 120 valence electrons. The number of rotatable bonds is 3. The maximum absolute atomic E-state index is 11.7. The number of hydrogen-bond acceptors (Lipinski definition) is 3. The van der Waals surface area contributed by atoms with E-state index in [0.29, 0.717) is 10.9 Å². The van der Waals surface area contributed by atoms with Gasteiger partial charge in [0, 0.05) is 18.1 Å². The molecule has 0 saturated carbocycles. The average molecular weight is 329 g/mol. The van der Waals surface area contributed by atoms with Crippen LogP contribution in [0.15, 0.2) is 59.6 Å². The molecule has 2 aromatic rings. The average Bonchev–Trinajstić information content (AvgIpc) is 2.55. The van der Waals surface area contributed by atoms with Gasteiger partial charge in [0.05, 0.1) is 0 Å². The fraction of sp³-hybridized carbons (Fsp3) is 0.316. The van der Waals surface area contributed by atoms with Crippen molar-refractivity contribution in [3.8, 4) is 0 Å². The fourth-order valence-electron chi connectivity index (χ4n) is 2.94. The summed E-state index contributed by atoms with van der Waals surface area (Å²) < 4.78 is 0. The maximum atomic E-state index is 11.7. The molecule has 1 aliphatic heterocycles. The minimum atomic E-state index is -1.32. The first-order valence-electron chi connectivity index (χ1n) is 8.04. The molecule has 4 heteroatoms. The van der Waals surface area contributed by atoms with Gasteiger partial charge in [0.2, 0.25) is 0 Å². The summed E-state index contributed by atoms with van der Waals surface area (Å²) in [6.45, 7) is 1.53. The van der Waals surface area contributed by atoms with Crippen LogP contribution < -0.4 is 5.32 Å². The van der Waals surface area contributed by atoms with Crippen molar-refractivity contribution in [3.05, 3.63) is 70.7 Å². The Hall–Kier alpha value is -1.84. The molecule has 1 heterocycles. The van der Waals surface area contributed by atoms with Crippen LogP contribution >= 0.6 is 11.6 Å². The highest BCUT2D eigenvalue weighted by Crippen LogP contribution is 2.32. The summed E-state index contributed by atoms with van der Waals surface area (Å²) in [5, 5.41) is 15.6. The first kappa shape index (κ1) is 16.0. The largest absolute Gasteiger partial charge is 0.373 e. The van der Waals surface area contributed by atoms with Crippen LogP contribution in [0.5, 0.6) is 0 Å². The third kappa shape index (κ3) is 3.41. The molecule has 0 spiro atoms. The quantitative estimate of drug-likeness (QED) is 0.901. The Kier molecular flexibility index (Phi) is 4.99. The number of halogens is 1. The van der Waals surface area contributed by atoms with Gasteiger partial charge in [-0.25, -0.2) is 0 Å². The number of aliphatic imine (C=N–C) groups is 1. The summed E-state index contributed by atoms with van der Waals surface area (Å²) in [7, 11) is 0. The SMILES string of the molecule is OC(C1=NCCCCCN1)(c1ccccc1)c1cccc(Cl)c1. The van der Waals surface area contributed by atoms with Crippen molar-refractivity contribution < 1.29 is 5.11 Å². The lowest BCUT2D eigenvalue weighted by molar-refractivity contribution is 0.150. The van der Waals surface area contributed by atoms with Gasteiger partial charge in [-0.15, -0.1) is 0 Å². The van der Waals surface area contributed by atoms with Gasteiger partial charge in [0.1, 0.15) is 5.84 Å². The Morgan fingerprint density at radius 2 is 1.74 bits per heavy atom. The molecule has 3 rings (SSSR count). The zero-order valence-electron chi connectivity index (χ0n) is 13.0. The minimum Gasteiger partial charge on any atom is -0.373 e. The van der Waals surface area contributed by atoms with Crippen molar-refractivity contribution in [1.29, 1.82) is 0 Å². The maximum Gasteiger partial charge on any atom is 0.172 e. The van der Waals surface area contributed by atoms with Gasteiger partial charge in [0.15, 0.2) is 5.60 Å². The smallest absolute Gasteiger partial charge is 0.172 e. The number of benzene rings is 2. The van der Waals surface area contributed by atoms with Crippen LogP contribution in [0, 0.1) is 0 Å². The zero-order chi connectivity index (χ0) is 16.1. The molecule has 23 heavy (non-hydrogen) atoms. The van der Waals surface area contributed by atoms with Crippen molar-refractivity contribution in [1.82, 2.24) is 5.32 Å². The number of amidine groups is 1. The summed E-state index contributed by atoms with van der Waals surface area (Å²) in [6, 6.07) is 17.0. The van der Waals surface area contributed by atoms with Crippen LogP contribution in [0.1, 0.15) is 30.4 Å². The molecule has 0 radical (unpaired) electrons. The Morgan fingerprint density at radius 3 is 2.52 bits per heavy atom. The van der Waals surface area contributed by atoms with Crippen LogP contribution in [0.25, 0.3) is 0 Å². The van der Waals surface area contributed by atoms with E-state index in [9.17, 15) is 5.11 Å². The molecule has 0 fully saturated rings. The molecule has 0 amide bonds. The Bertz CT molecular complexity index is 687. The van der Waals surface area contributed by atoms with E-state index in [4.69, 9.17) is 11.6 Å². The number of hydrogen-bond donors (Lipinski definition) is 2. The molecule has 3 nitrogen and oxygen atoms in total.